The molecule has 1 aliphatic heterocycles. The number of ether oxygens (including phenoxy) is 2. The molecule has 2 rings (SSSR count). The molecule has 4 nitrogen and oxygen atoms in total. The molecule has 0 amide bonds. The van der Waals surface area contributed by atoms with Crippen molar-refractivity contribution in [2.75, 3.05) is 13.2 Å². The van der Waals surface area contributed by atoms with E-state index in [1.54, 1.807) is 6.07 Å². The first-order chi connectivity index (χ1) is 6.74. The van der Waals surface area contributed by atoms with Gasteiger partial charge in [-0.2, -0.15) is 0 Å². The molecule has 0 spiro atoms. The van der Waals surface area contributed by atoms with Crippen LogP contribution in [-0.4, -0.2) is 18.3 Å². The van der Waals surface area contributed by atoms with Gasteiger partial charge in [0.15, 0.2) is 11.5 Å². The van der Waals surface area contributed by atoms with Crippen LogP contribution in [0.2, 0.25) is 0 Å². The van der Waals surface area contributed by atoms with E-state index in [0.29, 0.717) is 34.7 Å². The third kappa shape index (κ3) is 1.42. The van der Waals surface area contributed by atoms with Gasteiger partial charge in [-0.05, 0) is 15.9 Å². The van der Waals surface area contributed by atoms with E-state index in [9.17, 15) is 5.11 Å². The molecule has 1 aliphatic rings. The number of phenols is 1. The molecule has 0 saturated heterocycles. The van der Waals surface area contributed by atoms with Crippen molar-refractivity contribution < 1.29 is 14.6 Å². The van der Waals surface area contributed by atoms with E-state index >= 15 is 0 Å². The fourth-order valence-electron chi connectivity index (χ4n) is 1.40. The van der Waals surface area contributed by atoms with Crippen molar-refractivity contribution in [3.05, 3.63) is 16.1 Å². The number of aromatic hydroxyl groups is 1. The Kier molecular flexibility index (Phi) is 2.52. The number of phenolic OH excluding ortho intramolecular Hbond substituents is 1. The van der Waals surface area contributed by atoms with E-state index in [0.717, 1.165) is 0 Å². The molecule has 1 aromatic rings. The summed E-state index contributed by atoms with van der Waals surface area (Å²) < 4.78 is 11.3. The molecule has 0 radical (unpaired) electrons. The zero-order valence-electron chi connectivity index (χ0n) is 7.42. The molecule has 3 N–H and O–H groups in total. The van der Waals surface area contributed by atoms with Crippen LogP contribution in [-0.2, 0) is 6.54 Å². The second-order valence-corrected chi connectivity index (χ2v) is 3.77. The van der Waals surface area contributed by atoms with Crippen LogP contribution in [0.5, 0.6) is 17.2 Å². The van der Waals surface area contributed by atoms with Crippen molar-refractivity contribution in [1.82, 2.24) is 0 Å². The fraction of sp³-hybridized carbons (Fsp3) is 0.333. The monoisotopic (exact) mass is 259 g/mol. The molecule has 1 heterocycles. The average molecular weight is 260 g/mol. The van der Waals surface area contributed by atoms with Gasteiger partial charge >= 0.3 is 0 Å². The first kappa shape index (κ1) is 9.61. The first-order valence-corrected chi connectivity index (χ1v) is 5.03. The first-order valence-electron chi connectivity index (χ1n) is 4.24. The number of benzene rings is 1. The van der Waals surface area contributed by atoms with Gasteiger partial charge in [0.2, 0.25) is 0 Å². The van der Waals surface area contributed by atoms with Gasteiger partial charge < -0.3 is 20.3 Å². The fourth-order valence-corrected chi connectivity index (χ4v) is 1.85. The maximum atomic E-state index is 9.69. The lowest BCUT2D eigenvalue weighted by Gasteiger charge is -2.21. The van der Waals surface area contributed by atoms with Crippen molar-refractivity contribution in [1.29, 1.82) is 0 Å². The summed E-state index contributed by atoms with van der Waals surface area (Å²) in [5.41, 5.74) is 6.11. The largest absolute Gasteiger partial charge is 0.506 e. The van der Waals surface area contributed by atoms with Crippen LogP contribution in [0.15, 0.2) is 10.5 Å². The van der Waals surface area contributed by atoms with Gasteiger partial charge in [-0.15, -0.1) is 0 Å². The van der Waals surface area contributed by atoms with Crippen molar-refractivity contribution in [2.45, 2.75) is 6.54 Å². The molecule has 5 heteroatoms. The van der Waals surface area contributed by atoms with Crippen LogP contribution in [0.25, 0.3) is 0 Å². The van der Waals surface area contributed by atoms with E-state index in [1.807, 2.05) is 0 Å². The standard InChI is InChI=1S/C9H10BrNO3/c10-6-3-7-9(14-2-1-13-7)5(4-11)8(6)12/h3,12H,1-2,4,11H2. The minimum Gasteiger partial charge on any atom is -0.506 e. The third-order valence-corrected chi connectivity index (χ3v) is 2.66. The highest BCUT2D eigenvalue weighted by molar-refractivity contribution is 9.10. The summed E-state index contributed by atoms with van der Waals surface area (Å²) in [5.74, 6) is 1.30. The minimum absolute atomic E-state index is 0.122. The smallest absolute Gasteiger partial charge is 0.169 e. The maximum Gasteiger partial charge on any atom is 0.169 e. The van der Waals surface area contributed by atoms with Gasteiger partial charge in [0.05, 0.1) is 10.0 Å². The summed E-state index contributed by atoms with van der Waals surface area (Å²) in [7, 11) is 0. The van der Waals surface area contributed by atoms with Crippen LogP contribution in [0.4, 0.5) is 0 Å². The number of hydrogen-bond acceptors (Lipinski definition) is 4. The minimum atomic E-state index is 0.122. The van der Waals surface area contributed by atoms with Crippen LogP contribution in [0, 0.1) is 0 Å². The van der Waals surface area contributed by atoms with Gasteiger partial charge in [-0.3, -0.25) is 0 Å². The molecule has 0 aliphatic carbocycles. The zero-order chi connectivity index (χ0) is 10.1. The highest BCUT2D eigenvalue weighted by Gasteiger charge is 2.20. The van der Waals surface area contributed by atoms with E-state index in [-0.39, 0.29) is 12.3 Å². The van der Waals surface area contributed by atoms with Crippen molar-refractivity contribution >= 4 is 15.9 Å². The summed E-state index contributed by atoms with van der Waals surface area (Å²) >= 11 is 3.22. The quantitative estimate of drug-likeness (QED) is 0.800. The third-order valence-electron chi connectivity index (χ3n) is 2.06. The van der Waals surface area contributed by atoms with Crippen molar-refractivity contribution in [3.63, 3.8) is 0 Å². The topological polar surface area (TPSA) is 64.7 Å². The number of hydrogen-bond donors (Lipinski definition) is 2. The van der Waals surface area contributed by atoms with Crippen LogP contribution < -0.4 is 15.2 Å². The maximum absolute atomic E-state index is 9.69. The highest BCUT2D eigenvalue weighted by atomic mass is 79.9. The highest BCUT2D eigenvalue weighted by Crippen LogP contribution is 2.43. The van der Waals surface area contributed by atoms with Gasteiger partial charge in [-0.25, -0.2) is 0 Å². The van der Waals surface area contributed by atoms with Crippen molar-refractivity contribution in [2.24, 2.45) is 5.73 Å². The second kappa shape index (κ2) is 3.67. The van der Waals surface area contributed by atoms with Crippen LogP contribution in [0.3, 0.4) is 0 Å². The number of rotatable bonds is 1. The Hall–Kier alpha value is -0.940. The number of fused-ring (bicyclic) bond motifs is 1. The Balaban J connectivity index is 2.60. The van der Waals surface area contributed by atoms with E-state index < -0.39 is 0 Å². The summed E-state index contributed by atoms with van der Waals surface area (Å²) in [6, 6.07) is 1.68. The molecular weight excluding hydrogens is 250 g/mol. The van der Waals surface area contributed by atoms with Crippen LogP contribution >= 0.6 is 15.9 Å². The zero-order valence-corrected chi connectivity index (χ0v) is 9.00. The Morgan fingerprint density at radius 2 is 2.14 bits per heavy atom. The number of nitrogens with two attached hydrogens (primary N) is 1. The Morgan fingerprint density at radius 3 is 2.86 bits per heavy atom. The summed E-state index contributed by atoms with van der Waals surface area (Å²) in [6.45, 7) is 1.23. The van der Waals surface area contributed by atoms with E-state index in [1.165, 1.54) is 0 Å². The molecule has 14 heavy (non-hydrogen) atoms. The molecule has 0 saturated carbocycles. The molecule has 0 fully saturated rings. The molecule has 0 atom stereocenters. The predicted molar refractivity (Wildman–Crippen MR) is 54.7 cm³/mol. The van der Waals surface area contributed by atoms with Crippen LogP contribution in [0.1, 0.15) is 5.56 Å². The summed E-state index contributed by atoms with van der Waals surface area (Å²) in [6.07, 6.45) is 0. The van der Waals surface area contributed by atoms with Gasteiger partial charge in [0.1, 0.15) is 19.0 Å². The van der Waals surface area contributed by atoms with Gasteiger partial charge in [0.25, 0.3) is 0 Å². The van der Waals surface area contributed by atoms with E-state index in [2.05, 4.69) is 15.9 Å². The average Bonchev–Trinajstić information content (AvgIpc) is 2.20. The predicted octanol–water partition coefficient (Wildman–Crippen LogP) is 1.38. The SMILES string of the molecule is NCc1c(O)c(Br)cc2c1OCCO2. The van der Waals surface area contributed by atoms with E-state index in [4.69, 9.17) is 15.2 Å². The Morgan fingerprint density at radius 1 is 1.43 bits per heavy atom. The molecule has 76 valence electrons. The lowest BCUT2D eigenvalue weighted by molar-refractivity contribution is 0.169. The molecule has 0 aromatic heterocycles. The molecular formula is C9H10BrNO3. The Bertz CT molecular complexity index is 368. The summed E-state index contributed by atoms with van der Waals surface area (Å²) in [5, 5.41) is 9.69. The molecule has 1 aromatic carbocycles. The van der Waals surface area contributed by atoms with Gasteiger partial charge in [-0.1, -0.05) is 0 Å². The molecule has 0 bridgehead atoms. The van der Waals surface area contributed by atoms with Gasteiger partial charge in [0, 0.05) is 12.6 Å². The lowest BCUT2D eigenvalue weighted by Crippen LogP contribution is -2.17. The lowest BCUT2D eigenvalue weighted by atomic mass is 10.1. The normalized spacial score (nSPS) is 14.1. The summed E-state index contributed by atoms with van der Waals surface area (Å²) in [4.78, 5) is 0. The molecule has 0 unspecified atom stereocenters. The second-order valence-electron chi connectivity index (χ2n) is 2.91. The number of halogens is 1. The Labute approximate surface area is 89.7 Å². The van der Waals surface area contributed by atoms with Crippen molar-refractivity contribution in [3.8, 4) is 17.2 Å².